The molecule has 5 rings (SSSR count). The van der Waals surface area contributed by atoms with E-state index in [0.717, 1.165) is 31.4 Å². The van der Waals surface area contributed by atoms with Crippen molar-refractivity contribution in [2.45, 2.75) is 43.2 Å². The first kappa shape index (κ1) is 19.5. The van der Waals surface area contributed by atoms with Gasteiger partial charge in [0.05, 0.1) is 22.3 Å². The number of thioether (sulfide) groups is 1. The van der Waals surface area contributed by atoms with Crippen molar-refractivity contribution in [3.05, 3.63) is 59.2 Å². The van der Waals surface area contributed by atoms with Gasteiger partial charge < -0.3 is 9.47 Å². The molecule has 4 nitrogen and oxygen atoms in total. The van der Waals surface area contributed by atoms with E-state index in [1.807, 2.05) is 27.7 Å². The van der Waals surface area contributed by atoms with Crippen LogP contribution in [0.15, 0.2) is 47.6 Å². The summed E-state index contributed by atoms with van der Waals surface area (Å²) < 4.78 is 41.2. The molecule has 1 aliphatic heterocycles. The number of halogens is 3. The molecule has 1 saturated carbocycles. The molecule has 0 N–H and O–H groups in total. The summed E-state index contributed by atoms with van der Waals surface area (Å²) in [6.45, 7) is 1.29. The number of carbonyl (C=O) groups excluding carboxylic acids is 1. The van der Waals surface area contributed by atoms with Crippen LogP contribution >= 0.6 is 11.8 Å². The fraction of sp³-hybridized carbons (Fsp3) is 0.364. The molecular weight excluding hydrogens is 411 g/mol. The number of hydrogen-bond acceptors (Lipinski definition) is 3. The van der Waals surface area contributed by atoms with Crippen LogP contribution < -0.4 is 0 Å². The van der Waals surface area contributed by atoms with Crippen molar-refractivity contribution >= 4 is 28.7 Å². The smallest absolute Gasteiger partial charge is 0.337 e. The summed E-state index contributed by atoms with van der Waals surface area (Å²) in [5.41, 5.74) is 2.79. The normalized spacial score (nSPS) is 16.7. The lowest BCUT2D eigenvalue weighted by Gasteiger charge is -2.28. The molecule has 1 aromatic heterocycles. The van der Waals surface area contributed by atoms with E-state index < -0.39 is 11.7 Å². The third kappa shape index (κ3) is 3.69. The monoisotopic (exact) mass is 431 g/mol. The largest absolute Gasteiger partial charge is 0.416 e. The van der Waals surface area contributed by atoms with Crippen molar-refractivity contribution in [3.63, 3.8) is 0 Å². The van der Waals surface area contributed by atoms with Crippen LogP contribution in [0.5, 0.6) is 0 Å². The Balaban J connectivity index is 1.35. The molecule has 0 unspecified atom stereocenters. The lowest BCUT2D eigenvalue weighted by Crippen LogP contribution is -2.37. The molecule has 2 aromatic carbocycles. The van der Waals surface area contributed by atoms with Crippen LogP contribution in [0.1, 0.15) is 35.6 Å². The van der Waals surface area contributed by atoms with Crippen LogP contribution in [0, 0.1) is 0 Å². The Kier molecular flexibility index (Phi) is 4.76. The number of amides is 1. The molecule has 0 saturated heterocycles. The molecule has 3 aromatic rings. The van der Waals surface area contributed by atoms with Crippen molar-refractivity contribution in [1.82, 2.24) is 14.5 Å². The van der Waals surface area contributed by atoms with Crippen molar-refractivity contribution in [2.75, 3.05) is 12.3 Å². The Hall–Kier alpha value is -2.48. The fourth-order valence-electron chi connectivity index (χ4n) is 3.97. The van der Waals surface area contributed by atoms with Gasteiger partial charge in [-0.3, -0.25) is 4.79 Å². The predicted octanol–water partition coefficient (Wildman–Crippen LogP) is 5.07. The maximum Gasteiger partial charge on any atom is 0.416 e. The van der Waals surface area contributed by atoms with Gasteiger partial charge in [0.2, 0.25) is 5.91 Å². The number of alkyl halides is 3. The maximum atomic E-state index is 13.1. The van der Waals surface area contributed by atoms with Crippen LogP contribution in [0.25, 0.3) is 11.0 Å². The first-order valence-electron chi connectivity index (χ1n) is 9.97. The zero-order valence-corrected chi connectivity index (χ0v) is 17.0. The van der Waals surface area contributed by atoms with Gasteiger partial charge in [-0.25, -0.2) is 4.98 Å². The average molecular weight is 431 g/mol. The number of carbonyl (C=O) groups is 1. The molecule has 0 spiro atoms. The van der Waals surface area contributed by atoms with E-state index in [2.05, 4.69) is 11.1 Å². The first-order valence-corrected chi connectivity index (χ1v) is 11.0. The Morgan fingerprint density at radius 1 is 1.13 bits per heavy atom. The molecule has 1 amide bonds. The van der Waals surface area contributed by atoms with E-state index in [9.17, 15) is 18.0 Å². The van der Waals surface area contributed by atoms with Crippen LogP contribution in [-0.4, -0.2) is 32.7 Å². The predicted molar refractivity (Wildman–Crippen MR) is 109 cm³/mol. The second-order valence-corrected chi connectivity index (χ2v) is 8.76. The van der Waals surface area contributed by atoms with Gasteiger partial charge in [-0.15, -0.1) is 0 Å². The summed E-state index contributed by atoms with van der Waals surface area (Å²) in [4.78, 5) is 19.1. The van der Waals surface area contributed by atoms with E-state index in [1.165, 1.54) is 29.0 Å². The molecule has 1 aliphatic carbocycles. The number of fused-ring (bicyclic) bond motifs is 2. The average Bonchev–Trinajstić information content (AvgIpc) is 3.50. The summed E-state index contributed by atoms with van der Waals surface area (Å²) in [7, 11) is 0. The highest BCUT2D eigenvalue weighted by Crippen LogP contribution is 2.42. The van der Waals surface area contributed by atoms with Gasteiger partial charge in [-0.1, -0.05) is 36.0 Å². The highest BCUT2D eigenvalue weighted by Gasteiger charge is 2.33. The molecule has 156 valence electrons. The van der Waals surface area contributed by atoms with Crippen LogP contribution in [0.3, 0.4) is 0 Å². The SMILES string of the molecule is O=C(CSc1nc2cc(C(F)(F)F)ccc2n1C1CC1)N1CCc2ccccc2C1. The van der Waals surface area contributed by atoms with Gasteiger partial charge in [0, 0.05) is 19.1 Å². The van der Waals surface area contributed by atoms with Crippen LogP contribution in [0.2, 0.25) is 0 Å². The van der Waals surface area contributed by atoms with Gasteiger partial charge in [0.15, 0.2) is 5.16 Å². The third-order valence-corrected chi connectivity index (χ3v) is 6.64. The van der Waals surface area contributed by atoms with Crippen molar-refractivity contribution < 1.29 is 18.0 Å². The van der Waals surface area contributed by atoms with Gasteiger partial charge in [0.25, 0.3) is 0 Å². The molecule has 0 bridgehead atoms. The summed E-state index contributed by atoms with van der Waals surface area (Å²) in [6.07, 6.45) is -1.59. The number of rotatable bonds is 4. The molecule has 30 heavy (non-hydrogen) atoms. The second kappa shape index (κ2) is 7.34. The standard InChI is InChI=1S/C22H20F3N3OS/c23-22(24,25)16-5-8-19-18(11-16)26-21(28(19)17-6-7-17)30-13-20(29)27-10-9-14-3-1-2-4-15(14)12-27/h1-5,8,11,17H,6-7,9-10,12-13H2. The number of aromatic nitrogens is 2. The van der Waals surface area contributed by atoms with Crippen molar-refractivity contribution in [2.24, 2.45) is 0 Å². The topological polar surface area (TPSA) is 38.1 Å². The third-order valence-electron chi connectivity index (χ3n) is 5.70. The zero-order chi connectivity index (χ0) is 20.9. The molecule has 2 aliphatic rings. The first-order chi connectivity index (χ1) is 14.4. The van der Waals surface area contributed by atoms with Crippen LogP contribution in [0.4, 0.5) is 13.2 Å². The Labute approximate surface area is 176 Å². The minimum atomic E-state index is -4.40. The summed E-state index contributed by atoms with van der Waals surface area (Å²) in [5, 5.41) is 0.623. The molecule has 0 atom stereocenters. The molecule has 0 radical (unpaired) electrons. The van der Waals surface area contributed by atoms with E-state index >= 15 is 0 Å². The maximum absolute atomic E-state index is 13.1. The van der Waals surface area contributed by atoms with E-state index in [0.29, 0.717) is 29.3 Å². The minimum Gasteiger partial charge on any atom is -0.337 e. The summed E-state index contributed by atoms with van der Waals surface area (Å²) in [5.74, 6) is 0.254. The minimum absolute atomic E-state index is 0.0277. The summed E-state index contributed by atoms with van der Waals surface area (Å²) >= 11 is 1.32. The number of imidazole rings is 1. The number of nitrogens with zero attached hydrogens (tertiary/aromatic N) is 3. The van der Waals surface area contributed by atoms with E-state index in [4.69, 9.17) is 0 Å². The van der Waals surface area contributed by atoms with E-state index in [1.54, 1.807) is 0 Å². The molecule has 8 heteroatoms. The highest BCUT2D eigenvalue weighted by atomic mass is 32.2. The number of hydrogen-bond donors (Lipinski definition) is 0. The summed E-state index contributed by atoms with van der Waals surface area (Å²) in [6, 6.07) is 12.1. The lowest BCUT2D eigenvalue weighted by molar-refractivity contribution is -0.137. The van der Waals surface area contributed by atoms with Crippen molar-refractivity contribution in [3.8, 4) is 0 Å². The highest BCUT2D eigenvalue weighted by molar-refractivity contribution is 7.99. The second-order valence-electron chi connectivity index (χ2n) is 7.82. The van der Waals surface area contributed by atoms with E-state index in [-0.39, 0.29) is 17.7 Å². The van der Waals surface area contributed by atoms with Gasteiger partial charge in [0.1, 0.15) is 0 Å². The van der Waals surface area contributed by atoms with Gasteiger partial charge >= 0.3 is 6.18 Å². The fourth-order valence-corrected chi connectivity index (χ4v) is 4.95. The van der Waals surface area contributed by atoms with Gasteiger partial charge in [-0.05, 0) is 48.6 Å². The zero-order valence-electron chi connectivity index (χ0n) is 16.2. The molecule has 1 fully saturated rings. The Bertz CT molecular complexity index is 1120. The number of benzene rings is 2. The lowest BCUT2D eigenvalue weighted by atomic mass is 10.00. The van der Waals surface area contributed by atoms with Crippen molar-refractivity contribution in [1.29, 1.82) is 0 Å². The Morgan fingerprint density at radius 3 is 2.63 bits per heavy atom. The van der Waals surface area contributed by atoms with Gasteiger partial charge in [-0.2, -0.15) is 13.2 Å². The Morgan fingerprint density at radius 2 is 1.90 bits per heavy atom. The quantitative estimate of drug-likeness (QED) is 0.542. The molecular formula is C22H20F3N3OS. The van der Waals surface area contributed by atoms with Crippen LogP contribution in [-0.2, 0) is 23.9 Å². The molecule has 2 heterocycles.